The van der Waals surface area contributed by atoms with E-state index in [1.54, 1.807) is 16.8 Å². The molecular formula is C11H14ClNO4. The molecule has 1 aromatic rings. The van der Waals surface area contributed by atoms with Crippen LogP contribution >= 0.6 is 11.6 Å². The van der Waals surface area contributed by atoms with Crippen LogP contribution in [0.25, 0.3) is 0 Å². The number of hydrogen-bond acceptors (Lipinski definition) is 4. The maximum Gasteiger partial charge on any atom is 0.339 e. The monoisotopic (exact) mass is 259 g/mol. The van der Waals surface area contributed by atoms with Crippen LogP contribution in [0.5, 0.6) is 0 Å². The van der Waals surface area contributed by atoms with Crippen molar-refractivity contribution in [3.05, 3.63) is 23.5 Å². The fraction of sp³-hybridized carbons (Fsp3) is 0.455. The van der Waals surface area contributed by atoms with Crippen molar-refractivity contribution < 1.29 is 19.1 Å². The third-order valence-electron chi connectivity index (χ3n) is 2.35. The van der Waals surface area contributed by atoms with Crippen molar-refractivity contribution in [3.63, 3.8) is 0 Å². The van der Waals surface area contributed by atoms with Gasteiger partial charge in [-0.15, -0.1) is 11.6 Å². The molecule has 94 valence electrons. The zero-order valence-electron chi connectivity index (χ0n) is 9.73. The van der Waals surface area contributed by atoms with Gasteiger partial charge >= 0.3 is 11.9 Å². The van der Waals surface area contributed by atoms with Gasteiger partial charge in [-0.2, -0.15) is 0 Å². The van der Waals surface area contributed by atoms with Crippen LogP contribution in [0.3, 0.4) is 0 Å². The summed E-state index contributed by atoms with van der Waals surface area (Å²) in [6, 6.07) is 1.61. The number of hydrogen-bond donors (Lipinski definition) is 0. The molecule has 0 aromatic carbocycles. The quantitative estimate of drug-likeness (QED) is 0.590. The molecule has 0 atom stereocenters. The molecule has 0 N–H and O–H groups in total. The molecule has 17 heavy (non-hydrogen) atoms. The maximum absolute atomic E-state index is 11.5. The Morgan fingerprint density at radius 1 is 1.35 bits per heavy atom. The maximum atomic E-state index is 11.5. The summed E-state index contributed by atoms with van der Waals surface area (Å²) < 4.78 is 11.0. The minimum atomic E-state index is -0.475. The number of rotatable bonds is 5. The molecule has 0 unspecified atom stereocenters. The molecule has 0 aliphatic carbocycles. The number of esters is 2. The molecule has 0 aliphatic rings. The summed E-state index contributed by atoms with van der Waals surface area (Å²) in [5, 5.41) is 0. The molecule has 0 amide bonds. The summed E-state index contributed by atoms with van der Waals surface area (Å²) in [7, 11) is 2.60. The SMILES string of the molecule is COC(=O)Cc1c(C(=O)OC)ccn1CCCl. The Morgan fingerprint density at radius 3 is 2.59 bits per heavy atom. The fourth-order valence-corrected chi connectivity index (χ4v) is 1.69. The molecule has 5 nitrogen and oxygen atoms in total. The van der Waals surface area contributed by atoms with E-state index in [1.807, 2.05) is 0 Å². The second-order valence-corrected chi connectivity index (χ2v) is 3.68. The van der Waals surface area contributed by atoms with Crippen LogP contribution in [0.15, 0.2) is 12.3 Å². The lowest BCUT2D eigenvalue weighted by Gasteiger charge is -2.08. The number of halogens is 1. The molecule has 0 fully saturated rings. The first-order chi connectivity index (χ1) is 8.13. The number of methoxy groups -OCH3 is 2. The van der Waals surface area contributed by atoms with Gasteiger partial charge in [0.2, 0.25) is 0 Å². The molecule has 0 bridgehead atoms. The minimum Gasteiger partial charge on any atom is -0.469 e. The first-order valence-electron chi connectivity index (χ1n) is 5.03. The van der Waals surface area contributed by atoms with E-state index < -0.39 is 11.9 Å². The molecule has 0 saturated heterocycles. The van der Waals surface area contributed by atoms with Gasteiger partial charge in [0.05, 0.1) is 26.2 Å². The van der Waals surface area contributed by atoms with Crippen molar-refractivity contribution in [2.45, 2.75) is 13.0 Å². The molecule has 1 rings (SSSR count). The lowest BCUT2D eigenvalue weighted by molar-refractivity contribution is -0.139. The lowest BCUT2D eigenvalue weighted by Crippen LogP contribution is -2.14. The Labute approximate surface area is 104 Å². The predicted molar refractivity (Wildman–Crippen MR) is 62.2 cm³/mol. The fourth-order valence-electron chi connectivity index (χ4n) is 1.51. The number of carbonyl (C=O) groups is 2. The third-order valence-corrected chi connectivity index (χ3v) is 2.52. The van der Waals surface area contributed by atoms with Gasteiger partial charge in [-0.05, 0) is 6.07 Å². The van der Waals surface area contributed by atoms with E-state index in [9.17, 15) is 9.59 Å². The second kappa shape index (κ2) is 6.30. The number of aryl methyl sites for hydroxylation is 1. The van der Waals surface area contributed by atoms with Crippen LogP contribution in [-0.2, 0) is 27.2 Å². The Morgan fingerprint density at radius 2 is 2.06 bits per heavy atom. The predicted octanol–water partition coefficient (Wildman–Crippen LogP) is 1.23. The Bertz CT molecular complexity index is 414. The van der Waals surface area contributed by atoms with Crippen molar-refractivity contribution in [2.75, 3.05) is 20.1 Å². The number of alkyl halides is 1. The largest absolute Gasteiger partial charge is 0.469 e. The molecule has 1 aromatic heterocycles. The number of aromatic nitrogens is 1. The zero-order valence-corrected chi connectivity index (χ0v) is 10.5. The van der Waals surface area contributed by atoms with Crippen LogP contribution in [0.2, 0.25) is 0 Å². The molecule has 0 saturated carbocycles. The zero-order chi connectivity index (χ0) is 12.8. The van der Waals surface area contributed by atoms with Gasteiger partial charge in [-0.1, -0.05) is 0 Å². The van der Waals surface area contributed by atoms with Crippen LogP contribution in [0.1, 0.15) is 16.1 Å². The first-order valence-corrected chi connectivity index (χ1v) is 5.56. The molecule has 0 aliphatic heterocycles. The molecule has 6 heteroatoms. The molecule has 0 spiro atoms. The first kappa shape index (κ1) is 13.6. The normalized spacial score (nSPS) is 10.1. The summed E-state index contributed by atoms with van der Waals surface area (Å²) >= 11 is 5.65. The van der Waals surface area contributed by atoms with E-state index in [4.69, 9.17) is 11.6 Å². The summed E-state index contributed by atoms with van der Waals surface area (Å²) in [6.07, 6.45) is 1.72. The molecule has 0 radical (unpaired) electrons. The Kier molecular flexibility index (Phi) is 5.03. The van der Waals surface area contributed by atoms with Gasteiger partial charge in [0, 0.05) is 24.3 Å². The van der Waals surface area contributed by atoms with Gasteiger partial charge in [-0.3, -0.25) is 4.79 Å². The van der Waals surface area contributed by atoms with Crippen LogP contribution in [-0.4, -0.2) is 36.6 Å². The minimum absolute atomic E-state index is 0.0187. The van der Waals surface area contributed by atoms with Crippen molar-refractivity contribution >= 4 is 23.5 Å². The van der Waals surface area contributed by atoms with Gasteiger partial charge in [0.1, 0.15) is 0 Å². The number of carbonyl (C=O) groups excluding carboxylic acids is 2. The van der Waals surface area contributed by atoms with E-state index in [1.165, 1.54) is 14.2 Å². The Hall–Kier alpha value is -1.49. The highest BCUT2D eigenvalue weighted by molar-refractivity contribution is 6.17. The lowest BCUT2D eigenvalue weighted by atomic mass is 10.2. The Balaban J connectivity index is 3.05. The van der Waals surface area contributed by atoms with Gasteiger partial charge < -0.3 is 14.0 Å². The van der Waals surface area contributed by atoms with Crippen molar-refractivity contribution in [3.8, 4) is 0 Å². The van der Waals surface area contributed by atoms with E-state index >= 15 is 0 Å². The van der Waals surface area contributed by atoms with E-state index in [-0.39, 0.29) is 6.42 Å². The van der Waals surface area contributed by atoms with Crippen LogP contribution in [0, 0.1) is 0 Å². The number of ether oxygens (including phenoxy) is 2. The average molecular weight is 260 g/mol. The van der Waals surface area contributed by atoms with Gasteiger partial charge in [-0.25, -0.2) is 4.79 Å². The standard InChI is InChI=1S/C11H14ClNO4/c1-16-10(14)7-9-8(11(15)17-2)3-5-13(9)6-4-12/h3,5H,4,6-7H2,1-2H3. The van der Waals surface area contributed by atoms with Crippen LogP contribution in [0.4, 0.5) is 0 Å². The van der Waals surface area contributed by atoms with Crippen molar-refractivity contribution in [2.24, 2.45) is 0 Å². The van der Waals surface area contributed by atoms with E-state index in [0.29, 0.717) is 23.7 Å². The van der Waals surface area contributed by atoms with Crippen molar-refractivity contribution in [1.29, 1.82) is 0 Å². The van der Waals surface area contributed by atoms with Crippen molar-refractivity contribution in [1.82, 2.24) is 4.57 Å². The third kappa shape index (κ3) is 3.23. The second-order valence-electron chi connectivity index (χ2n) is 3.30. The summed E-state index contributed by atoms with van der Waals surface area (Å²) in [4.78, 5) is 22.8. The number of nitrogens with zero attached hydrogens (tertiary/aromatic N) is 1. The summed E-state index contributed by atoms with van der Waals surface area (Å²) in [5.74, 6) is -0.495. The highest BCUT2D eigenvalue weighted by Gasteiger charge is 2.19. The van der Waals surface area contributed by atoms with Gasteiger partial charge in [0.25, 0.3) is 0 Å². The molecular weight excluding hydrogens is 246 g/mol. The molecule has 1 heterocycles. The van der Waals surface area contributed by atoms with Gasteiger partial charge in [0.15, 0.2) is 0 Å². The smallest absolute Gasteiger partial charge is 0.339 e. The topological polar surface area (TPSA) is 57.5 Å². The summed E-state index contributed by atoms with van der Waals surface area (Å²) in [5.41, 5.74) is 0.923. The van der Waals surface area contributed by atoms with E-state index in [0.717, 1.165) is 0 Å². The average Bonchev–Trinajstić information content (AvgIpc) is 2.72. The highest BCUT2D eigenvalue weighted by atomic mass is 35.5. The summed E-state index contributed by atoms with van der Waals surface area (Å²) in [6.45, 7) is 0.519. The van der Waals surface area contributed by atoms with E-state index in [2.05, 4.69) is 9.47 Å². The van der Waals surface area contributed by atoms with Crippen LogP contribution < -0.4 is 0 Å². The highest BCUT2D eigenvalue weighted by Crippen LogP contribution is 2.14.